The Labute approximate surface area is 375 Å². The van der Waals surface area contributed by atoms with Gasteiger partial charge in [-0.25, -0.2) is 9.59 Å². The molecule has 11 aliphatic rings. The van der Waals surface area contributed by atoms with Gasteiger partial charge in [0, 0.05) is 36.3 Å². The minimum absolute atomic E-state index is 0.0393. The number of carbonyl (C=O) groups is 2. The molecule has 2 aromatic rings. The molecule has 2 N–H and O–H groups in total. The molecule has 4 heterocycles. The molecule has 64 heavy (non-hydrogen) atoms. The Balaban J connectivity index is 0.621. The van der Waals surface area contributed by atoms with Crippen molar-refractivity contribution < 1.29 is 48.2 Å². The Kier molecular flexibility index (Phi) is 8.92. The molecule has 4 bridgehead atoms. The number of aliphatic hydroxyl groups is 2. The third kappa shape index (κ3) is 5.67. The monoisotopic (exact) mass is 874 g/mol. The van der Waals surface area contributed by atoms with Crippen molar-refractivity contribution in [3.8, 4) is 23.0 Å². The molecule has 13 rings (SSSR count). The largest absolute Gasteiger partial charge is 0.513 e. The first-order valence-corrected chi connectivity index (χ1v) is 24.6. The number of piperidine rings is 2. The normalized spacial score (nSPS) is 38.7. The number of carbonyl (C=O) groups excluding carboxylic acids is 2. The van der Waals surface area contributed by atoms with Crippen LogP contribution in [0.25, 0.3) is 0 Å². The predicted octanol–water partition coefficient (Wildman–Crippen LogP) is 7.46. The van der Waals surface area contributed by atoms with Gasteiger partial charge in [-0.05, 0) is 174 Å². The third-order valence-electron chi connectivity index (χ3n) is 18.6. The first-order valence-electron chi connectivity index (χ1n) is 24.6. The van der Waals surface area contributed by atoms with E-state index in [0.29, 0.717) is 48.7 Å². The third-order valence-corrected chi connectivity index (χ3v) is 18.6. The van der Waals surface area contributed by atoms with Gasteiger partial charge in [-0.3, -0.25) is 9.80 Å². The molecule has 0 aromatic heterocycles. The lowest BCUT2D eigenvalue weighted by Gasteiger charge is -2.63. The Morgan fingerprint density at radius 2 is 1.02 bits per heavy atom. The average Bonchev–Trinajstić information content (AvgIpc) is 4.22. The number of hydrogen-bond acceptors (Lipinski definition) is 12. The van der Waals surface area contributed by atoms with Crippen molar-refractivity contribution in [2.24, 2.45) is 23.7 Å². The molecular weight excluding hydrogens is 813 g/mol. The van der Waals surface area contributed by atoms with Gasteiger partial charge in [-0.2, -0.15) is 0 Å². The van der Waals surface area contributed by atoms with Gasteiger partial charge in [-0.1, -0.05) is 25.3 Å². The van der Waals surface area contributed by atoms with Crippen LogP contribution in [-0.4, -0.2) is 107 Å². The second kappa shape index (κ2) is 14.2. The van der Waals surface area contributed by atoms with Gasteiger partial charge in [0.25, 0.3) is 0 Å². The predicted molar refractivity (Wildman–Crippen MR) is 234 cm³/mol. The lowest BCUT2D eigenvalue weighted by atomic mass is 9.48. The van der Waals surface area contributed by atoms with Crippen molar-refractivity contribution in [2.75, 3.05) is 39.4 Å². The van der Waals surface area contributed by atoms with Crippen molar-refractivity contribution in [1.29, 1.82) is 0 Å². The summed E-state index contributed by atoms with van der Waals surface area (Å²) in [5.74, 6) is 3.61. The average molecular weight is 875 g/mol. The minimum Gasteiger partial charge on any atom is -0.481 e. The summed E-state index contributed by atoms with van der Waals surface area (Å²) in [6, 6.07) is 7.86. The Morgan fingerprint density at radius 3 is 1.42 bits per heavy atom. The first kappa shape index (κ1) is 40.2. The molecule has 0 unspecified atom stereocenters. The minimum atomic E-state index is -0.929. The summed E-state index contributed by atoms with van der Waals surface area (Å²) in [4.78, 5) is 31.6. The molecule has 12 heteroatoms. The Bertz CT molecular complexity index is 2190. The van der Waals surface area contributed by atoms with Crippen LogP contribution in [0.5, 0.6) is 23.0 Å². The van der Waals surface area contributed by atoms with Crippen LogP contribution in [0.1, 0.15) is 112 Å². The number of benzene rings is 2. The highest BCUT2D eigenvalue weighted by Gasteiger charge is 2.73. The number of rotatable bonds is 10. The second-order valence-electron chi connectivity index (χ2n) is 22.0. The van der Waals surface area contributed by atoms with E-state index in [1.807, 2.05) is 12.1 Å². The lowest BCUT2D eigenvalue weighted by Crippen LogP contribution is -2.75. The molecule has 8 atom stereocenters. The van der Waals surface area contributed by atoms with E-state index < -0.39 is 34.3 Å². The number of nitrogens with zero attached hydrogens (tertiary/aromatic N) is 2. The molecule has 7 fully saturated rings. The van der Waals surface area contributed by atoms with Gasteiger partial charge in [0.15, 0.2) is 23.0 Å². The maximum Gasteiger partial charge on any atom is 0.513 e. The quantitative estimate of drug-likeness (QED) is 0.139. The molecule has 2 spiro atoms. The van der Waals surface area contributed by atoms with Crippen molar-refractivity contribution in [1.82, 2.24) is 9.80 Å². The molecule has 2 saturated heterocycles. The van der Waals surface area contributed by atoms with Gasteiger partial charge < -0.3 is 38.6 Å². The van der Waals surface area contributed by atoms with E-state index in [4.69, 9.17) is 28.4 Å². The van der Waals surface area contributed by atoms with Crippen molar-refractivity contribution >= 4 is 12.3 Å². The van der Waals surface area contributed by atoms with E-state index in [9.17, 15) is 19.8 Å². The van der Waals surface area contributed by atoms with E-state index in [2.05, 4.69) is 35.1 Å². The molecule has 7 aliphatic carbocycles. The first-order chi connectivity index (χ1) is 31.0. The summed E-state index contributed by atoms with van der Waals surface area (Å²) in [5.41, 5.74) is 3.30. The second-order valence-corrected chi connectivity index (χ2v) is 22.0. The van der Waals surface area contributed by atoms with Crippen molar-refractivity contribution in [3.63, 3.8) is 0 Å². The van der Waals surface area contributed by atoms with E-state index in [0.717, 1.165) is 112 Å². The number of hydrogen-bond donors (Lipinski definition) is 2. The van der Waals surface area contributed by atoms with Crippen LogP contribution in [0.2, 0.25) is 0 Å². The molecule has 0 radical (unpaired) electrons. The zero-order valence-corrected chi connectivity index (χ0v) is 37.0. The fourth-order valence-corrected chi connectivity index (χ4v) is 15.1. The molecule has 2 aromatic carbocycles. The zero-order chi connectivity index (χ0) is 43.3. The summed E-state index contributed by atoms with van der Waals surface area (Å²) < 4.78 is 36.7. The highest BCUT2D eigenvalue weighted by atomic mass is 16.7. The topological polar surface area (TPSA) is 136 Å². The summed E-state index contributed by atoms with van der Waals surface area (Å²) in [7, 11) is 0. The van der Waals surface area contributed by atoms with E-state index in [1.165, 1.54) is 36.8 Å². The Morgan fingerprint density at radius 1 is 0.609 bits per heavy atom. The fourth-order valence-electron chi connectivity index (χ4n) is 15.1. The van der Waals surface area contributed by atoms with E-state index in [-0.39, 0.29) is 49.3 Å². The van der Waals surface area contributed by atoms with Crippen LogP contribution < -0.4 is 18.9 Å². The van der Waals surface area contributed by atoms with Crippen LogP contribution >= 0.6 is 0 Å². The van der Waals surface area contributed by atoms with Crippen LogP contribution in [0, 0.1) is 23.7 Å². The smallest absolute Gasteiger partial charge is 0.481 e. The van der Waals surface area contributed by atoms with Gasteiger partial charge in [0.2, 0.25) is 0 Å². The van der Waals surface area contributed by atoms with Crippen molar-refractivity contribution in [3.05, 3.63) is 70.8 Å². The van der Waals surface area contributed by atoms with E-state index in [1.54, 1.807) is 0 Å². The summed E-state index contributed by atoms with van der Waals surface area (Å²) >= 11 is 0. The summed E-state index contributed by atoms with van der Waals surface area (Å²) in [6.45, 7) is 13.2. The molecule has 5 saturated carbocycles. The van der Waals surface area contributed by atoms with Gasteiger partial charge in [0.1, 0.15) is 12.2 Å². The summed E-state index contributed by atoms with van der Waals surface area (Å²) in [6.07, 6.45) is 12.0. The molecule has 12 nitrogen and oxygen atoms in total. The zero-order valence-electron chi connectivity index (χ0n) is 37.0. The molecule has 0 amide bonds. The van der Waals surface area contributed by atoms with Gasteiger partial charge >= 0.3 is 12.3 Å². The van der Waals surface area contributed by atoms with Gasteiger partial charge in [0.05, 0.1) is 35.2 Å². The van der Waals surface area contributed by atoms with Crippen LogP contribution in [0.4, 0.5) is 9.59 Å². The van der Waals surface area contributed by atoms with Crippen LogP contribution in [0.15, 0.2) is 48.6 Å². The van der Waals surface area contributed by atoms with Crippen LogP contribution in [-0.2, 0) is 33.1 Å². The number of ether oxygens (including phenoxy) is 6. The highest BCUT2D eigenvalue weighted by Crippen LogP contribution is 2.68. The Hall–Kier alpha value is -4.10. The lowest BCUT2D eigenvalue weighted by molar-refractivity contribution is -0.174. The molecule has 4 aliphatic heterocycles. The SMILES string of the molecule is C=C1CC[C@@]2(O)[C@H]3Cc4ccc(OC(=O)OCC5CCC(COC(=O)Oc6ccc7c8c6O[C@H]6C(=C)CC[C@@]9(O)[C@@H](C7)N(CC7CC7)CC[C@]869)CC5)c5c4[C@@]2(CCN3CC2CC2)[C@H]1O5. The molecular formula is C52H62N2O10. The number of likely N-dealkylation sites (tertiary alicyclic amines) is 2. The van der Waals surface area contributed by atoms with E-state index >= 15 is 0 Å². The molecule has 340 valence electrons. The summed E-state index contributed by atoms with van der Waals surface area (Å²) in [5, 5.41) is 25.4. The maximum absolute atomic E-state index is 13.3. The highest BCUT2D eigenvalue weighted by molar-refractivity contribution is 5.71. The van der Waals surface area contributed by atoms with Gasteiger partial charge in [-0.15, -0.1) is 0 Å². The standard InChI is InChI=1S/C52H62N2O10/c1-29-15-17-51(57)39-23-35-11-13-37(43-41(35)49(51,45(29)63-43)19-21-53(39)25-31-3-4-31)61-47(55)59-27-33-7-9-34(10-8-33)28-60-48(56)62-38-14-12-36-24-40-52(58)18-16-30(2)46-50(52,42(36)44(38)64-46)20-22-54(40)26-32-5-6-32/h11-14,31-34,39-40,45-46,57-58H,1-10,15-28H2/t33?,34?,39-,40-,45+,46+,49+,50+,51-,52-/m1/s1. The fraction of sp³-hybridized carbons (Fsp3) is 0.654. The maximum atomic E-state index is 13.3. The van der Waals surface area contributed by atoms with Crippen LogP contribution in [0.3, 0.4) is 0 Å². The van der Waals surface area contributed by atoms with Crippen molar-refractivity contribution in [2.45, 2.75) is 149 Å².